The molecule has 0 saturated heterocycles. The standard InChI is InChI=1S/C23H28FN3O3.BrH/c1-6-29-17-10-15-12-27(22(25)19(15)20(24)21(17)30-7-2)13-16(28)14-8-9-26-18(11-14)23(3,4)5;/h8-11,25H,6-7,12-13H2,1-5H3;1H. The first-order valence-electron chi connectivity index (χ1n) is 10.1. The number of hydrogen-bond donors (Lipinski definition) is 1. The number of fused-ring (bicyclic) bond motifs is 1. The third-order valence-corrected chi connectivity index (χ3v) is 4.96. The molecule has 0 atom stereocenters. The molecule has 0 unspecified atom stereocenters. The lowest BCUT2D eigenvalue weighted by atomic mass is 9.90. The van der Waals surface area contributed by atoms with Crippen LogP contribution in [-0.2, 0) is 12.0 Å². The minimum atomic E-state index is -0.614. The minimum absolute atomic E-state index is 0. The third kappa shape index (κ3) is 5.06. The zero-order valence-corrected chi connectivity index (χ0v) is 20.3. The lowest BCUT2D eigenvalue weighted by Crippen LogP contribution is -2.30. The van der Waals surface area contributed by atoms with Crippen LogP contribution >= 0.6 is 17.0 Å². The number of nitrogens with zero attached hydrogens (tertiary/aromatic N) is 2. The maximum Gasteiger partial charge on any atom is 0.197 e. The van der Waals surface area contributed by atoms with Gasteiger partial charge in [0.25, 0.3) is 0 Å². The number of carbonyl (C=O) groups is 1. The van der Waals surface area contributed by atoms with Crippen LogP contribution in [0.4, 0.5) is 4.39 Å². The number of hydrogen-bond acceptors (Lipinski definition) is 5. The van der Waals surface area contributed by atoms with Crippen molar-refractivity contribution in [2.45, 2.75) is 46.6 Å². The van der Waals surface area contributed by atoms with Crippen molar-refractivity contribution in [3.63, 3.8) is 0 Å². The summed E-state index contributed by atoms with van der Waals surface area (Å²) in [6.45, 7) is 10.6. The first-order valence-corrected chi connectivity index (χ1v) is 10.1. The summed E-state index contributed by atoms with van der Waals surface area (Å²) in [5.74, 6) is -0.446. The third-order valence-electron chi connectivity index (χ3n) is 4.96. The van der Waals surface area contributed by atoms with E-state index in [1.807, 2.05) is 27.7 Å². The highest BCUT2D eigenvalue weighted by molar-refractivity contribution is 8.93. The van der Waals surface area contributed by atoms with Crippen LogP contribution in [0.3, 0.4) is 0 Å². The molecule has 2 aromatic rings. The van der Waals surface area contributed by atoms with E-state index in [4.69, 9.17) is 14.9 Å². The van der Waals surface area contributed by atoms with Crippen molar-refractivity contribution in [3.8, 4) is 11.5 Å². The summed E-state index contributed by atoms with van der Waals surface area (Å²) < 4.78 is 26.1. The Morgan fingerprint density at radius 1 is 1.23 bits per heavy atom. The molecule has 0 amide bonds. The number of carbonyl (C=O) groups excluding carboxylic acids is 1. The van der Waals surface area contributed by atoms with E-state index in [0.717, 1.165) is 5.69 Å². The van der Waals surface area contributed by atoms with Crippen LogP contribution in [0.15, 0.2) is 24.4 Å². The van der Waals surface area contributed by atoms with Crippen molar-refractivity contribution in [2.75, 3.05) is 19.8 Å². The molecule has 1 aromatic carbocycles. The topological polar surface area (TPSA) is 75.5 Å². The SMILES string of the molecule is Br.CCOc1cc2c(c(F)c1OCC)C(=N)N(CC(=O)c1ccnc(C(C)(C)C)c1)C2. The molecule has 0 bridgehead atoms. The molecular weight excluding hydrogens is 465 g/mol. The Labute approximate surface area is 193 Å². The molecule has 1 aliphatic heterocycles. The lowest BCUT2D eigenvalue weighted by Gasteiger charge is -2.19. The van der Waals surface area contributed by atoms with E-state index in [2.05, 4.69) is 4.98 Å². The Kier molecular flexibility index (Phi) is 7.81. The minimum Gasteiger partial charge on any atom is -0.490 e. The molecule has 0 radical (unpaired) electrons. The molecule has 8 heteroatoms. The molecule has 1 N–H and O–H groups in total. The number of Topliss-reactive ketones (excluding diaryl/α,β-unsaturated/α-hetero) is 1. The summed E-state index contributed by atoms with van der Waals surface area (Å²) >= 11 is 0. The van der Waals surface area contributed by atoms with Crippen LogP contribution in [-0.4, -0.2) is 41.3 Å². The second kappa shape index (κ2) is 9.77. The number of halogens is 2. The van der Waals surface area contributed by atoms with E-state index in [9.17, 15) is 4.79 Å². The Morgan fingerprint density at radius 3 is 2.52 bits per heavy atom. The second-order valence-electron chi connectivity index (χ2n) is 8.23. The Hall–Kier alpha value is -2.48. The van der Waals surface area contributed by atoms with Gasteiger partial charge in [-0.2, -0.15) is 0 Å². The molecule has 3 rings (SSSR count). The lowest BCUT2D eigenvalue weighted by molar-refractivity contribution is 0.0962. The smallest absolute Gasteiger partial charge is 0.197 e. The van der Waals surface area contributed by atoms with Gasteiger partial charge in [0.2, 0.25) is 0 Å². The predicted octanol–water partition coefficient (Wildman–Crippen LogP) is 4.92. The monoisotopic (exact) mass is 493 g/mol. The van der Waals surface area contributed by atoms with E-state index < -0.39 is 5.82 Å². The van der Waals surface area contributed by atoms with Crippen molar-refractivity contribution in [1.82, 2.24) is 9.88 Å². The molecule has 1 aliphatic rings. The van der Waals surface area contributed by atoms with Gasteiger partial charge in [0, 0.05) is 29.4 Å². The first kappa shape index (κ1) is 24.8. The summed E-state index contributed by atoms with van der Waals surface area (Å²) in [6, 6.07) is 5.16. The summed E-state index contributed by atoms with van der Waals surface area (Å²) in [5, 5.41) is 8.45. The van der Waals surface area contributed by atoms with Gasteiger partial charge in [0.1, 0.15) is 5.84 Å². The van der Waals surface area contributed by atoms with Crippen molar-refractivity contribution in [3.05, 3.63) is 52.6 Å². The van der Waals surface area contributed by atoms with E-state index in [1.54, 1.807) is 36.2 Å². The molecule has 6 nitrogen and oxygen atoms in total. The molecule has 1 aromatic heterocycles. The molecule has 0 spiro atoms. The fourth-order valence-electron chi connectivity index (χ4n) is 3.44. The van der Waals surface area contributed by atoms with Crippen LogP contribution in [0.5, 0.6) is 11.5 Å². The molecule has 0 aliphatic carbocycles. The average molecular weight is 494 g/mol. The van der Waals surface area contributed by atoms with Gasteiger partial charge in [0.05, 0.1) is 25.3 Å². The van der Waals surface area contributed by atoms with Gasteiger partial charge in [-0.1, -0.05) is 20.8 Å². The van der Waals surface area contributed by atoms with Crippen LogP contribution in [0.2, 0.25) is 0 Å². The summed E-state index contributed by atoms with van der Waals surface area (Å²) in [5.41, 5.74) is 1.95. The zero-order chi connectivity index (χ0) is 22.1. The molecule has 0 saturated carbocycles. The predicted molar refractivity (Wildman–Crippen MR) is 124 cm³/mol. The highest BCUT2D eigenvalue weighted by atomic mass is 79.9. The van der Waals surface area contributed by atoms with Gasteiger partial charge in [-0.3, -0.25) is 15.2 Å². The summed E-state index contributed by atoms with van der Waals surface area (Å²) in [6.07, 6.45) is 1.63. The number of pyridine rings is 1. The summed E-state index contributed by atoms with van der Waals surface area (Å²) in [7, 11) is 0. The molecule has 2 heterocycles. The van der Waals surface area contributed by atoms with E-state index in [1.165, 1.54) is 0 Å². The number of amidine groups is 1. The molecule has 0 fully saturated rings. The Morgan fingerprint density at radius 2 is 1.90 bits per heavy atom. The van der Waals surface area contributed by atoms with E-state index in [0.29, 0.717) is 23.5 Å². The number of benzene rings is 1. The second-order valence-corrected chi connectivity index (χ2v) is 8.23. The van der Waals surface area contributed by atoms with Crippen LogP contribution in [0.1, 0.15) is 61.8 Å². The highest BCUT2D eigenvalue weighted by Gasteiger charge is 2.33. The van der Waals surface area contributed by atoms with Crippen molar-refractivity contribution >= 4 is 28.6 Å². The number of rotatable bonds is 7. The van der Waals surface area contributed by atoms with Crippen LogP contribution < -0.4 is 9.47 Å². The maximum atomic E-state index is 15.1. The van der Waals surface area contributed by atoms with Crippen molar-refractivity contribution in [1.29, 1.82) is 5.41 Å². The van der Waals surface area contributed by atoms with E-state index >= 15 is 4.39 Å². The first-order chi connectivity index (χ1) is 14.2. The van der Waals surface area contributed by atoms with Gasteiger partial charge in [-0.05, 0) is 37.6 Å². The van der Waals surface area contributed by atoms with Crippen LogP contribution in [0.25, 0.3) is 0 Å². The zero-order valence-electron chi connectivity index (χ0n) is 18.5. The van der Waals surface area contributed by atoms with Gasteiger partial charge in [0.15, 0.2) is 23.1 Å². The normalized spacial score (nSPS) is 13.0. The number of ether oxygens (including phenoxy) is 2. The largest absolute Gasteiger partial charge is 0.490 e. The van der Waals surface area contributed by atoms with Gasteiger partial charge < -0.3 is 14.4 Å². The fourth-order valence-corrected chi connectivity index (χ4v) is 3.44. The number of aromatic nitrogens is 1. The van der Waals surface area contributed by atoms with Crippen LogP contribution in [0, 0.1) is 11.2 Å². The average Bonchev–Trinajstić information content (AvgIpc) is 3.00. The fraction of sp³-hybridized carbons (Fsp3) is 0.435. The molecular formula is C23H29BrFN3O3. The van der Waals surface area contributed by atoms with Gasteiger partial charge in [-0.15, -0.1) is 17.0 Å². The Balaban J connectivity index is 0.00000341. The highest BCUT2D eigenvalue weighted by Crippen LogP contribution is 2.39. The van der Waals surface area contributed by atoms with E-state index in [-0.39, 0.29) is 65.0 Å². The van der Waals surface area contributed by atoms with Crippen molar-refractivity contribution < 1.29 is 18.7 Å². The maximum absolute atomic E-state index is 15.1. The molecule has 31 heavy (non-hydrogen) atoms. The molecule has 168 valence electrons. The Bertz CT molecular complexity index is 989. The quantitative estimate of drug-likeness (QED) is 0.554. The van der Waals surface area contributed by atoms with Gasteiger partial charge in [-0.25, -0.2) is 4.39 Å². The number of ketones is 1. The van der Waals surface area contributed by atoms with Crippen molar-refractivity contribution in [2.24, 2.45) is 0 Å². The summed E-state index contributed by atoms with van der Waals surface area (Å²) in [4.78, 5) is 18.8. The number of nitrogens with one attached hydrogen (secondary N) is 1. The van der Waals surface area contributed by atoms with Gasteiger partial charge >= 0.3 is 0 Å².